The number of ether oxygens (including phenoxy) is 1. The highest BCUT2D eigenvalue weighted by molar-refractivity contribution is 5.93. The Balaban J connectivity index is 2.48. The van der Waals surface area contributed by atoms with Gasteiger partial charge in [0.15, 0.2) is 6.29 Å². The van der Waals surface area contributed by atoms with Crippen molar-refractivity contribution in [2.75, 3.05) is 13.7 Å². The molecule has 0 bridgehead atoms. The van der Waals surface area contributed by atoms with Crippen LogP contribution in [0.3, 0.4) is 0 Å². The molecule has 5 heteroatoms. The fraction of sp³-hybridized carbons (Fsp3) is 0.333. The Morgan fingerprint density at radius 1 is 1.59 bits per heavy atom. The molecule has 0 radical (unpaired) electrons. The van der Waals surface area contributed by atoms with Crippen LogP contribution >= 0.6 is 0 Å². The first-order valence-corrected chi connectivity index (χ1v) is 5.31. The summed E-state index contributed by atoms with van der Waals surface area (Å²) >= 11 is 0. The van der Waals surface area contributed by atoms with E-state index in [1.54, 1.807) is 6.07 Å². The lowest BCUT2D eigenvalue weighted by atomic mass is 9.93. The third-order valence-electron chi connectivity index (χ3n) is 2.92. The molecule has 1 atom stereocenters. The molecule has 1 heterocycles. The second kappa shape index (κ2) is 4.55. The van der Waals surface area contributed by atoms with Crippen LogP contribution in [0, 0.1) is 0 Å². The Morgan fingerprint density at radius 3 is 2.76 bits per heavy atom. The number of aromatic hydroxyl groups is 1. The van der Waals surface area contributed by atoms with E-state index in [4.69, 9.17) is 0 Å². The molecule has 1 aromatic carbocycles. The van der Waals surface area contributed by atoms with Gasteiger partial charge in [0.05, 0.1) is 18.2 Å². The zero-order chi connectivity index (χ0) is 12.4. The van der Waals surface area contributed by atoms with Crippen LogP contribution in [0.5, 0.6) is 5.75 Å². The number of carbonyl (C=O) groups excluding carboxylic acids is 2. The summed E-state index contributed by atoms with van der Waals surface area (Å²) < 4.78 is 4.61. The molecule has 0 aromatic heterocycles. The first-order chi connectivity index (χ1) is 8.17. The molecule has 0 aliphatic carbocycles. The number of carbonyl (C=O) groups is 2. The Morgan fingerprint density at radius 2 is 2.29 bits per heavy atom. The van der Waals surface area contributed by atoms with Gasteiger partial charge >= 0.3 is 5.97 Å². The van der Waals surface area contributed by atoms with E-state index >= 15 is 0 Å². The normalized spacial score (nSPS) is 18.3. The van der Waals surface area contributed by atoms with Crippen molar-refractivity contribution in [3.63, 3.8) is 0 Å². The van der Waals surface area contributed by atoms with E-state index in [2.05, 4.69) is 10.1 Å². The largest absolute Gasteiger partial charge is 0.507 e. The van der Waals surface area contributed by atoms with Gasteiger partial charge in [0.2, 0.25) is 0 Å². The first kappa shape index (κ1) is 11.6. The van der Waals surface area contributed by atoms with Crippen molar-refractivity contribution in [2.45, 2.75) is 12.5 Å². The maximum absolute atomic E-state index is 11.4. The average molecular weight is 235 g/mol. The van der Waals surface area contributed by atoms with Gasteiger partial charge in [-0.2, -0.15) is 0 Å². The van der Waals surface area contributed by atoms with Crippen molar-refractivity contribution in [3.05, 3.63) is 28.8 Å². The minimum absolute atomic E-state index is 0.00157. The molecule has 90 valence electrons. The van der Waals surface area contributed by atoms with Crippen LogP contribution in [-0.4, -0.2) is 31.0 Å². The first-order valence-electron chi connectivity index (χ1n) is 5.31. The number of nitrogens with one attached hydrogen (secondary N) is 1. The number of phenolic OH excluding ortho intramolecular Hbond substituents is 1. The van der Waals surface area contributed by atoms with Gasteiger partial charge < -0.3 is 15.2 Å². The maximum atomic E-state index is 11.4. The lowest BCUT2D eigenvalue weighted by Gasteiger charge is -2.29. The summed E-state index contributed by atoms with van der Waals surface area (Å²) in [6.07, 6.45) is 1.40. The molecule has 0 saturated carbocycles. The fourth-order valence-electron chi connectivity index (χ4n) is 1.83. The van der Waals surface area contributed by atoms with Gasteiger partial charge in [-0.3, -0.25) is 4.79 Å². The minimum Gasteiger partial charge on any atom is -0.507 e. The van der Waals surface area contributed by atoms with E-state index in [1.165, 1.54) is 13.2 Å². The third kappa shape index (κ3) is 2.01. The summed E-state index contributed by atoms with van der Waals surface area (Å²) in [5.74, 6) is -0.585. The van der Waals surface area contributed by atoms with Crippen LogP contribution in [-0.2, 0) is 4.74 Å². The van der Waals surface area contributed by atoms with Crippen LogP contribution in [0.1, 0.15) is 38.7 Å². The third-order valence-corrected chi connectivity index (χ3v) is 2.92. The SMILES string of the molecule is COC(=O)c1cc(C=O)c(O)c(C2CCN2)c1. The molecule has 17 heavy (non-hydrogen) atoms. The fourth-order valence-corrected chi connectivity index (χ4v) is 1.83. The lowest BCUT2D eigenvalue weighted by molar-refractivity contribution is 0.0600. The van der Waals surface area contributed by atoms with Gasteiger partial charge in [0.25, 0.3) is 0 Å². The lowest BCUT2D eigenvalue weighted by Crippen LogP contribution is -2.35. The van der Waals surface area contributed by atoms with Crippen LogP contribution in [0.4, 0.5) is 0 Å². The molecular weight excluding hydrogens is 222 g/mol. The second-order valence-corrected chi connectivity index (χ2v) is 3.91. The monoisotopic (exact) mass is 235 g/mol. The van der Waals surface area contributed by atoms with Gasteiger partial charge in [0, 0.05) is 11.6 Å². The van der Waals surface area contributed by atoms with E-state index < -0.39 is 5.97 Å². The van der Waals surface area contributed by atoms with Gasteiger partial charge in [-0.1, -0.05) is 0 Å². The number of hydrogen-bond donors (Lipinski definition) is 2. The highest BCUT2D eigenvalue weighted by Crippen LogP contribution is 2.33. The van der Waals surface area contributed by atoms with Crippen LogP contribution in [0.2, 0.25) is 0 Å². The summed E-state index contributed by atoms with van der Waals surface area (Å²) in [5, 5.41) is 13.0. The van der Waals surface area contributed by atoms with Crippen LogP contribution < -0.4 is 5.32 Å². The van der Waals surface area contributed by atoms with E-state index in [9.17, 15) is 14.7 Å². The van der Waals surface area contributed by atoms with Crippen molar-refractivity contribution >= 4 is 12.3 Å². The van der Waals surface area contributed by atoms with Gasteiger partial charge in [-0.15, -0.1) is 0 Å². The Bertz CT molecular complexity index is 466. The van der Waals surface area contributed by atoms with E-state index in [0.717, 1.165) is 13.0 Å². The maximum Gasteiger partial charge on any atom is 0.337 e. The van der Waals surface area contributed by atoms with Gasteiger partial charge in [-0.25, -0.2) is 4.79 Å². The van der Waals surface area contributed by atoms with E-state index in [1.807, 2.05) is 0 Å². The smallest absolute Gasteiger partial charge is 0.337 e. The van der Waals surface area contributed by atoms with Gasteiger partial charge in [0.1, 0.15) is 5.75 Å². The standard InChI is InChI=1S/C12H13NO4/c1-17-12(16)7-4-8(6-14)11(15)9(5-7)10-2-3-13-10/h4-6,10,13,15H,2-3H2,1H3. The molecule has 1 aliphatic heterocycles. The number of hydrogen-bond acceptors (Lipinski definition) is 5. The van der Waals surface area contributed by atoms with Crippen molar-refractivity contribution in [1.29, 1.82) is 0 Å². The number of esters is 1. The second-order valence-electron chi connectivity index (χ2n) is 3.91. The Hall–Kier alpha value is -1.88. The highest BCUT2D eigenvalue weighted by atomic mass is 16.5. The van der Waals surface area contributed by atoms with Crippen molar-refractivity contribution < 1.29 is 19.4 Å². The van der Waals surface area contributed by atoms with Crippen molar-refractivity contribution in [3.8, 4) is 5.75 Å². The number of phenols is 1. The quantitative estimate of drug-likeness (QED) is 0.604. The molecule has 1 aliphatic rings. The predicted molar refractivity (Wildman–Crippen MR) is 60.2 cm³/mol. The number of aldehydes is 1. The zero-order valence-electron chi connectivity index (χ0n) is 9.40. The van der Waals surface area contributed by atoms with Crippen LogP contribution in [0.15, 0.2) is 12.1 Å². The zero-order valence-corrected chi connectivity index (χ0v) is 9.40. The molecule has 0 amide bonds. The minimum atomic E-state index is -0.520. The number of benzene rings is 1. The van der Waals surface area contributed by atoms with E-state index in [-0.39, 0.29) is 22.9 Å². The summed E-state index contributed by atoms with van der Waals surface area (Å²) in [6, 6.07) is 2.89. The topological polar surface area (TPSA) is 75.6 Å². The molecule has 2 N–H and O–H groups in total. The summed E-state index contributed by atoms with van der Waals surface area (Å²) in [5.41, 5.74) is 0.953. The molecule has 0 spiro atoms. The predicted octanol–water partition coefficient (Wildman–Crippen LogP) is 1.03. The molecule has 5 nitrogen and oxygen atoms in total. The summed E-state index contributed by atoms with van der Waals surface area (Å²) in [7, 11) is 1.27. The average Bonchev–Trinajstić information content (AvgIpc) is 2.28. The highest BCUT2D eigenvalue weighted by Gasteiger charge is 2.25. The summed E-state index contributed by atoms with van der Waals surface area (Å²) in [4.78, 5) is 22.3. The molecular formula is C12H13NO4. The van der Waals surface area contributed by atoms with Crippen LogP contribution in [0.25, 0.3) is 0 Å². The molecule has 2 rings (SSSR count). The number of rotatable bonds is 3. The van der Waals surface area contributed by atoms with Crippen molar-refractivity contribution in [1.82, 2.24) is 5.32 Å². The van der Waals surface area contributed by atoms with Crippen molar-refractivity contribution in [2.24, 2.45) is 0 Å². The Kier molecular flexibility index (Phi) is 3.10. The van der Waals surface area contributed by atoms with E-state index in [0.29, 0.717) is 11.8 Å². The summed E-state index contributed by atoms with van der Waals surface area (Å²) in [6.45, 7) is 0.864. The molecule has 1 unspecified atom stereocenters. The molecule has 1 fully saturated rings. The number of methoxy groups -OCH3 is 1. The Labute approximate surface area is 98.4 Å². The molecule has 1 aromatic rings. The molecule has 1 saturated heterocycles. The van der Waals surface area contributed by atoms with Gasteiger partial charge in [-0.05, 0) is 25.1 Å².